The molecule has 110 valence electrons. The van der Waals surface area contributed by atoms with Crippen LogP contribution in [0.5, 0.6) is 0 Å². The molecule has 0 aliphatic rings. The Balaban J connectivity index is 2.56. The Morgan fingerprint density at radius 3 is 2.85 bits per heavy atom. The van der Waals surface area contributed by atoms with Crippen LogP contribution in [0, 0.1) is 0 Å². The fourth-order valence-corrected chi connectivity index (χ4v) is 1.74. The van der Waals surface area contributed by atoms with Gasteiger partial charge in [0.15, 0.2) is 5.96 Å². The van der Waals surface area contributed by atoms with Crippen LogP contribution in [0.4, 0.5) is 0 Å². The van der Waals surface area contributed by atoms with E-state index in [9.17, 15) is 4.79 Å². The second kappa shape index (κ2) is 8.16. The molecular formula is C14H22N4O2. The number of nitrogens with zero attached hydrogens (tertiary/aromatic N) is 1. The molecule has 0 aliphatic heterocycles. The van der Waals surface area contributed by atoms with Gasteiger partial charge < -0.3 is 21.1 Å². The number of amides is 1. The van der Waals surface area contributed by atoms with Crippen LogP contribution in [0.2, 0.25) is 0 Å². The van der Waals surface area contributed by atoms with Gasteiger partial charge in [0.1, 0.15) is 0 Å². The number of methoxy groups -OCH3 is 1. The minimum atomic E-state index is -0.428. The van der Waals surface area contributed by atoms with Gasteiger partial charge in [0.2, 0.25) is 5.91 Å². The number of aliphatic imine (C=N–C) groups is 1. The van der Waals surface area contributed by atoms with E-state index in [0.717, 1.165) is 5.56 Å². The summed E-state index contributed by atoms with van der Waals surface area (Å²) in [6.45, 7) is 3.16. The molecule has 0 bridgehead atoms. The van der Waals surface area contributed by atoms with E-state index in [1.54, 1.807) is 32.4 Å². The van der Waals surface area contributed by atoms with Gasteiger partial charge in [0.05, 0.1) is 6.61 Å². The molecule has 0 fully saturated rings. The van der Waals surface area contributed by atoms with Gasteiger partial charge in [-0.15, -0.1) is 0 Å². The van der Waals surface area contributed by atoms with Gasteiger partial charge in [-0.25, -0.2) is 0 Å². The number of primary amides is 1. The van der Waals surface area contributed by atoms with Crippen LogP contribution in [-0.2, 0) is 11.3 Å². The van der Waals surface area contributed by atoms with E-state index >= 15 is 0 Å². The molecule has 1 atom stereocenters. The highest BCUT2D eigenvalue weighted by Crippen LogP contribution is 2.04. The van der Waals surface area contributed by atoms with Gasteiger partial charge in [-0.1, -0.05) is 12.1 Å². The number of benzene rings is 1. The minimum absolute atomic E-state index is 0.156. The third-order valence-electron chi connectivity index (χ3n) is 2.69. The third kappa shape index (κ3) is 5.27. The van der Waals surface area contributed by atoms with Crippen LogP contribution in [-0.4, -0.2) is 38.7 Å². The van der Waals surface area contributed by atoms with Crippen molar-refractivity contribution in [1.82, 2.24) is 10.6 Å². The van der Waals surface area contributed by atoms with Gasteiger partial charge in [0.25, 0.3) is 0 Å². The van der Waals surface area contributed by atoms with E-state index < -0.39 is 5.91 Å². The summed E-state index contributed by atoms with van der Waals surface area (Å²) in [5.41, 5.74) is 6.72. The van der Waals surface area contributed by atoms with Gasteiger partial charge in [0, 0.05) is 32.3 Å². The summed E-state index contributed by atoms with van der Waals surface area (Å²) in [6, 6.07) is 7.34. The summed E-state index contributed by atoms with van der Waals surface area (Å²) < 4.78 is 5.06. The molecule has 6 nitrogen and oxygen atoms in total. The SMILES string of the molecule is CN=C(NCc1cccc(C(N)=O)c1)NC(C)COC. The highest BCUT2D eigenvalue weighted by atomic mass is 16.5. The summed E-state index contributed by atoms with van der Waals surface area (Å²) in [7, 11) is 3.36. The van der Waals surface area contributed by atoms with Crippen molar-refractivity contribution in [3.63, 3.8) is 0 Å². The summed E-state index contributed by atoms with van der Waals surface area (Å²) in [5, 5.41) is 6.37. The molecule has 0 aliphatic carbocycles. The number of carbonyl (C=O) groups excluding carboxylic acids is 1. The van der Waals surface area contributed by atoms with Crippen LogP contribution >= 0.6 is 0 Å². The average molecular weight is 278 g/mol. The second-order valence-electron chi connectivity index (χ2n) is 4.49. The van der Waals surface area contributed by atoms with Gasteiger partial charge in [-0.05, 0) is 24.6 Å². The zero-order chi connectivity index (χ0) is 15.0. The highest BCUT2D eigenvalue weighted by molar-refractivity contribution is 5.92. The molecule has 1 aromatic rings. The van der Waals surface area contributed by atoms with Crippen LogP contribution < -0.4 is 16.4 Å². The summed E-state index contributed by atoms with van der Waals surface area (Å²) >= 11 is 0. The summed E-state index contributed by atoms with van der Waals surface area (Å²) in [6.07, 6.45) is 0. The van der Waals surface area contributed by atoms with Crippen molar-refractivity contribution >= 4 is 11.9 Å². The topological polar surface area (TPSA) is 88.7 Å². The molecule has 0 saturated carbocycles. The first-order valence-corrected chi connectivity index (χ1v) is 6.41. The smallest absolute Gasteiger partial charge is 0.248 e. The molecule has 0 radical (unpaired) electrons. The van der Waals surface area contributed by atoms with Crippen molar-refractivity contribution in [1.29, 1.82) is 0 Å². The summed E-state index contributed by atoms with van der Waals surface area (Å²) in [5.74, 6) is 0.252. The Labute approximate surface area is 119 Å². The van der Waals surface area contributed by atoms with E-state index in [2.05, 4.69) is 15.6 Å². The molecule has 0 spiro atoms. The molecule has 1 rings (SSSR count). The first-order chi connectivity index (χ1) is 9.56. The molecule has 1 unspecified atom stereocenters. The average Bonchev–Trinajstić information content (AvgIpc) is 2.44. The molecule has 0 saturated heterocycles. The Bertz CT molecular complexity index is 474. The third-order valence-corrected chi connectivity index (χ3v) is 2.69. The predicted octanol–water partition coefficient (Wildman–Crippen LogP) is 0.485. The quantitative estimate of drug-likeness (QED) is 0.522. The van der Waals surface area contributed by atoms with Crippen molar-refractivity contribution in [2.24, 2.45) is 10.7 Å². The number of rotatable bonds is 6. The Hall–Kier alpha value is -2.08. The molecule has 4 N–H and O–H groups in total. The fourth-order valence-electron chi connectivity index (χ4n) is 1.74. The zero-order valence-electron chi connectivity index (χ0n) is 12.1. The molecule has 0 aromatic heterocycles. The van der Waals surface area contributed by atoms with Crippen molar-refractivity contribution < 1.29 is 9.53 Å². The second-order valence-corrected chi connectivity index (χ2v) is 4.49. The van der Waals surface area contributed by atoms with E-state index in [1.165, 1.54) is 0 Å². The molecule has 1 amide bonds. The van der Waals surface area contributed by atoms with Gasteiger partial charge in [-0.3, -0.25) is 9.79 Å². The van der Waals surface area contributed by atoms with Crippen LogP contribution in [0.3, 0.4) is 0 Å². The lowest BCUT2D eigenvalue weighted by Crippen LogP contribution is -2.43. The van der Waals surface area contributed by atoms with Crippen molar-refractivity contribution in [2.45, 2.75) is 19.5 Å². The van der Waals surface area contributed by atoms with Crippen molar-refractivity contribution in [2.75, 3.05) is 20.8 Å². The van der Waals surface area contributed by atoms with E-state index in [1.807, 2.05) is 13.0 Å². The van der Waals surface area contributed by atoms with Crippen molar-refractivity contribution in [3.05, 3.63) is 35.4 Å². The number of hydrogen-bond acceptors (Lipinski definition) is 3. The molecule has 6 heteroatoms. The minimum Gasteiger partial charge on any atom is -0.383 e. The summed E-state index contributed by atoms with van der Waals surface area (Å²) in [4.78, 5) is 15.2. The lowest BCUT2D eigenvalue weighted by atomic mass is 10.1. The molecule has 0 heterocycles. The van der Waals surface area contributed by atoms with Crippen LogP contribution in [0.15, 0.2) is 29.3 Å². The van der Waals surface area contributed by atoms with Gasteiger partial charge >= 0.3 is 0 Å². The van der Waals surface area contributed by atoms with Crippen molar-refractivity contribution in [3.8, 4) is 0 Å². The Morgan fingerprint density at radius 2 is 2.25 bits per heavy atom. The number of nitrogens with one attached hydrogen (secondary N) is 2. The van der Waals surface area contributed by atoms with E-state index in [-0.39, 0.29) is 6.04 Å². The molecular weight excluding hydrogens is 256 g/mol. The maximum atomic E-state index is 11.1. The first kappa shape index (κ1) is 16.0. The monoisotopic (exact) mass is 278 g/mol. The number of guanidine groups is 1. The maximum Gasteiger partial charge on any atom is 0.248 e. The van der Waals surface area contributed by atoms with Crippen LogP contribution in [0.1, 0.15) is 22.8 Å². The van der Waals surface area contributed by atoms with E-state index in [0.29, 0.717) is 24.7 Å². The zero-order valence-corrected chi connectivity index (χ0v) is 12.1. The number of carbonyl (C=O) groups is 1. The largest absolute Gasteiger partial charge is 0.383 e. The molecule has 1 aromatic carbocycles. The number of nitrogens with two attached hydrogens (primary N) is 1. The van der Waals surface area contributed by atoms with E-state index in [4.69, 9.17) is 10.5 Å². The maximum absolute atomic E-state index is 11.1. The lowest BCUT2D eigenvalue weighted by Gasteiger charge is -2.17. The Morgan fingerprint density at radius 1 is 1.50 bits per heavy atom. The predicted molar refractivity (Wildman–Crippen MR) is 79.6 cm³/mol. The highest BCUT2D eigenvalue weighted by Gasteiger charge is 2.05. The standard InChI is InChI=1S/C14H22N4O2/c1-10(9-20-3)18-14(16-2)17-8-11-5-4-6-12(7-11)13(15)19/h4-7,10H,8-9H2,1-3H3,(H2,15,19)(H2,16,17,18). The van der Waals surface area contributed by atoms with Crippen LogP contribution in [0.25, 0.3) is 0 Å². The Kier molecular flexibility index (Phi) is 6.52. The fraction of sp³-hybridized carbons (Fsp3) is 0.429. The van der Waals surface area contributed by atoms with Gasteiger partial charge in [-0.2, -0.15) is 0 Å². The normalized spacial score (nSPS) is 12.8. The first-order valence-electron chi connectivity index (χ1n) is 6.41. The molecule has 20 heavy (non-hydrogen) atoms. The lowest BCUT2D eigenvalue weighted by molar-refractivity contribution is 0.1000. The number of hydrogen-bond donors (Lipinski definition) is 3. The number of ether oxygens (including phenoxy) is 1.